The number of rotatable bonds is 5. The number of nitro benzene ring substituents is 1. The van der Waals surface area contributed by atoms with Gasteiger partial charge in [-0.15, -0.1) is 0 Å². The highest BCUT2D eigenvalue weighted by molar-refractivity contribution is 6.07. The van der Waals surface area contributed by atoms with Gasteiger partial charge in [0.05, 0.1) is 23.3 Å². The van der Waals surface area contributed by atoms with E-state index in [0.29, 0.717) is 18.8 Å². The molecule has 2 fully saturated rings. The largest absolute Gasteiger partial charge is 0.273 e. The van der Waals surface area contributed by atoms with Crippen molar-refractivity contribution >= 4 is 23.4 Å². The average Bonchev–Trinajstić information content (AvgIpc) is 3.02. The molecule has 0 spiro atoms. The van der Waals surface area contributed by atoms with E-state index in [1.165, 1.54) is 24.3 Å². The zero-order valence-electron chi connectivity index (χ0n) is 17.1. The van der Waals surface area contributed by atoms with Crippen LogP contribution in [0.15, 0.2) is 54.6 Å². The molecule has 0 aromatic heterocycles. The molecule has 8 nitrogen and oxygen atoms in total. The molecule has 1 heterocycles. The Hall–Kier alpha value is -3.55. The molecule has 0 radical (unpaired) electrons. The first-order valence-corrected chi connectivity index (χ1v) is 10.3. The van der Waals surface area contributed by atoms with Crippen LogP contribution in [0.1, 0.15) is 42.1 Å². The molecular weight excluding hydrogens is 398 g/mol. The number of nitro groups is 1. The number of fused-ring (bicyclic) bond motifs is 1. The van der Waals surface area contributed by atoms with Crippen LogP contribution in [0.5, 0.6) is 0 Å². The molecular formula is C23H23N3O5. The highest BCUT2D eigenvalue weighted by Crippen LogP contribution is 2.41. The maximum Gasteiger partial charge on any atom is 0.273 e. The van der Waals surface area contributed by atoms with Crippen molar-refractivity contribution in [1.82, 2.24) is 10.0 Å². The van der Waals surface area contributed by atoms with Crippen molar-refractivity contribution in [1.29, 1.82) is 0 Å². The van der Waals surface area contributed by atoms with Crippen LogP contribution in [0.3, 0.4) is 0 Å². The molecule has 2 aliphatic rings. The summed E-state index contributed by atoms with van der Waals surface area (Å²) < 4.78 is 0. The smallest absolute Gasteiger partial charge is 0.272 e. The molecule has 3 atom stereocenters. The van der Waals surface area contributed by atoms with Crippen LogP contribution in [-0.2, 0) is 16.1 Å². The van der Waals surface area contributed by atoms with Crippen molar-refractivity contribution in [2.24, 2.45) is 17.8 Å². The average molecular weight is 421 g/mol. The number of non-ortho nitro benzene ring substituents is 1. The summed E-state index contributed by atoms with van der Waals surface area (Å²) in [5.41, 5.74) is 0.561. The first kappa shape index (κ1) is 20.7. The highest BCUT2D eigenvalue weighted by Gasteiger charge is 2.52. The number of carbonyl (C=O) groups excluding carboxylic acids is 3. The Morgan fingerprint density at radius 3 is 2.48 bits per heavy atom. The minimum absolute atomic E-state index is 0.00877. The molecule has 1 aliphatic heterocycles. The Morgan fingerprint density at radius 2 is 1.77 bits per heavy atom. The molecule has 160 valence electrons. The van der Waals surface area contributed by atoms with Crippen LogP contribution in [-0.4, -0.2) is 32.7 Å². The molecule has 2 aromatic rings. The number of nitrogens with zero attached hydrogens (tertiary/aromatic N) is 3. The van der Waals surface area contributed by atoms with Crippen LogP contribution < -0.4 is 0 Å². The predicted octanol–water partition coefficient (Wildman–Crippen LogP) is 3.57. The minimum atomic E-state index is -0.624. The third kappa shape index (κ3) is 3.93. The van der Waals surface area contributed by atoms with Crippen molar-refractivity contribution < 1.29 is 19.3 Å². The van der Waals surface area contributed by atoms with Gasteiger partial charge in [0, 0.05) is 17.7 Å². The molecule has 0 bridgehead atoms. The molecule has 3 amide bonds. The molecule has 31 heavy (non-hydrogen) atoms. The third-order valence-electron chi connectivity index (χ3n) is 6.12. The zero-order valence-corrected chi connectivity index (χ0v) is 17.1. The van der Waals surface area contributed by atoms with Crippen LogP contribution in [0, 0.1) is 27.9 Å². The van der Waals surface area contributed by atoms with E-state index in [-0.39, 0.29) is 29.6 Å². The van der Waals surface area contributed by atoms with Gasteiger partial charge in [-0.1, -0.05) is 43.3 Å². The number of amides is 3. The van der Waals surface area contributed by atoms with Crippen LogP contribution in [0.25, 0.3) is 0 Å². The molecule has 1 saturated carbocycles. The summed E-state index contributed by atoms with van der Waals surface area (Å²) in [5, 5.41) is 13.3. The summed E-state index contributed by atoms with van der Waals surface area (Å²) in [6, 6.07) is 14.4. The first-order valence-electron chi connectivity index (χ1n) is 10.3. The summed E-state index contributed by atoms with van der Waals surface area (Å²) in [6.45, 7) is 2.07. The second-order valence-electron chi connectivity index (χ2n) is 8.28. The molecule has 1 saturated heterocycles. The SMILES string of the molecule is C[C@@H]1CC[C@@H]2C(=O)N(N(Cc3ccccc3)C(=O)c3cccc([N+](=O)[O-])c3)C(=O)[C@@H]2C1. The van der Waals surface area contributed by atoms with Crippen LogP contribution in [0.2, 0.25) is 0 Å². The van der Waals surface area contributed by atoms with E-state index in [9.17, 15) is 24.5 Å². The van der Waals surface area contributed by atoms with E-state index in [1.54, 1.807) is 24.3 Å². The minimum Gasteiger partial charge on any atom is -0.272 e. The fraction of sp³-hybridized carbons (Fsp3) is 0.348. The highest BCUT2D eigenvalue weighted by atomic mass is 16.6. The monoisotopic (exact) mass is 421 g/mol. The summed E-state index contributed by atoms with van der Waals surface area (Å²) in [5.74, 6) is -1.85. The predicted molar refractivity (Wildman–Crippen MR) is 111 cm³/mol. The number of hydrogen-bond donors (Lipinski definition) is 0. The lowest BCUT2D eigenvalue weighted by molar-refractivity contribution is -0.384. The number of carbonyl (C=O) groups is 3. The summed E-state index contributed by atoms with van der Waals surface area (Å²) >= 11 is 0. The van der Waals surface area contributed by atoms with E-state index >= 15 is 0 Å². The van der Waals surface area contributed by atoms with Gasteiger partial charge in [-0.3, -0.25) is 24.5 Å². The van der Waals surface area contributed by atoms with Crippen LogP contribution in [0.4, 0.5) is 5.69 Å². The Bertz CT molecular complexity index is 1040. The van der Waals surface area contributed by atoms with Gasteiger partial charge in [-0.2, -0.15) is 5.01 Å². The lowest BCUT2D eigenvalue weighted by Gasteiger charge is -2.30. The lowest BCUT2D eigenvalue weighted by Crippen LogP contribution is -2.49. The zero-order chi connectivity index (χ0) is 22.1. The van der Waals surface area contributed by atoms with E-state index in [2.05, 4.69) is 6.92 Å². The van der Waals surface area contributed by atoms with Crippen LogP contribution >= 0.6 is 0 Å². The van der Waals surface area contributed by atoms with Crippen molar-refractivity contribution in [3.05, 3.63) is 75.8 Å². The molecule has 8 heteroatoms. The molecule has 0 N–H and O–H groups in total. The molecule has 4 rings (SSSR count). The normalized spacial score (nSPS) is 22.9. The topological polar surface area (TPSA) is 101 Å². The summed E-state index contributed by atoms with van der Waals surface area (Å²) in [6.07, 6.45) is 2.11. The Morgan fingerprint density at radius 1 is 1.06 bits per heavy atom. The second-order valence-corrected chi connectivity index (χ2v) is 8.28. The van der Waals surface area contributed by atoms with Gasteiger partial charge in [0.1, 0.15) is 0 Å². The van der Waals surface area contributed by atoms with E-state index in [4.69, 9.17) is 0 Å². The van der Waals surface area contributed by atoms with E-state index in [1.807, 2.05) is 6.07 Å². The quantitative estimate of drug-likeness (QED) is 0.417. The van der Waals surface area contributed by atoms with E-state index in [0.717, 1.165) is 22.0 Å². The first-order chi connectivity index (χ1) is 14.9. The number of imide groups is 1. The standard InChI is InChI=1S/C23H23N3O5/c1-15-10-11-19-20(12-15)23(29)25(22(19)28)24(14-16-6-3-2-4-7-16)21(27)17-8-5-9-18(13-17)26(30)31/h2-9,13,15,19-20H,10-12,14H2,1H3/t15-,19+,20-/m1/s1. The Kier molecular flexibility index (Phi) is 5.54. The van der Waals surface area contributed by atoms with Gasteiger partial charge in [-0.05, 0) is 36.8 Å². The summed E-state index contributed by atoms with van der Waals surface area (Å²) in [7, 11) is 0. The van der Waals surface area contributed by atoms with Crippen molar-refractivity contribution in [2.45, 2.75) is 32.7 Å². The van der Waals surface area contributed by atoms with Gasteiger partial charge in [0.25, 0.3) is 23.4 Å². The van der Waals surface area contributed by atoms with Crippen molar-refractivity contribution in [2.75, 3.05) is 0 Å². The summed E-state index contributed by atoms with van der Waals surface area (Å²) in [4.78, 5) is 50.5. The van der Waals surface area contributed by atoms with Gasteiger partial charge in [0.15, 0.2) is 0 Å². The van der Waals surface area contributed by atoms with Crippen molar-refractivity contribution in [3.63, 3.8) is 0 Å². The van der Waals surface area contributed by atoms with E-state index < -0.39 is 22.7 Å². The fourth-order valence-electron chi connectivity index (χ4n) is 4.50. The van der Waals surface area contributed by atoms with Crippen molar-refractivity contribution in [3.8, 4) is 0 Å². The number of benzene rings is 2. The van der Waals surface area contributed by atoms with Gasteiger partial charge in [-0.25, -0.2) is 5.01 Å². The third-order valence-corrected chi connectivity index (χ3v) is 6.12. The number of hydrazine groups is 1. The Balaban J connectivity index is 1.72. The molecule has 1 aliphatic carbocycles. The number of hydrogen-bond acceptors (Lipinski definition) is 5. The van der Waals surface area contributed by atoms with Gasteiger partial charge in [0.2, 0.25) is 0 Å². The maximum absolute atomic E-state index is 13.4. The maximum atomic E-state index is 13.4. The second kappa shape index (κ2) is 8.29. The fourth-order valence-corrected chi connectivity index (χ4v) is 4.50. The molecule has 0 unspecified atom stereocenters. The van der Waals surface area contributed by atoms with Gasteiger partial charge >= 0.3 is 0 Å². The Labute approximate surface area is 179 Å². The molecule has 2 aromatic carbocycles. The lowest BCUT2D eigenvalue weighted by atomic mass is 9.76. The van der Waals surface area contributed by atoms with Gasteiger partial charge < -0.3 is 0 Å².